The summed E-state index contributed by atoms with van der Waals surface area (Å²) in [5, 5.41) is 3.22. The highest BCUT2D eigenvalue weighted by atomic mass is 32.1. The van der Waals surface area contributed by atoms with Crippen molar-refractivity contribution in [3.63, 3.8) is 0 Å². The summed E-state index contributed by atoms with van der Waals surface area (Å²) < 4.78 is 14.6. The Morgan fingerprint density at radius 3 is 2.97 bits per heavy atom. The number of carbonyl (C=O) groups is 2. The summed E-state index contributed by atoms with van der Waals surface area (Å²) in [6.45, 7) is 1.84. The van der Waals surface area contributed by atoms with Crippen LogP contribution in [-0.4, -0.2) is 21.4 Å². The number of benzene rings is 1. The fourth-order valence-corrected chi connectivity index (χ4v) is 5.10. The zero-order valence-electron chi connectivity index (χ0n) is 15.7. The van der Waals surface area contributed by atoms with Crippen molar-refractivity contribution in [2.45, 2.75) is 32.7 Å². The number of nitrogens with two attached hydrogens (primary N) is 1. The quantitative estimate of drug-likeness (QED) is 0.684. The molecule has 0 radical (unpaired) electrons. The standard InChI is InChI=1S/C20H19FN4O3S/c1-10-2-4-12-15(6-10)29-19(17(12)18(22)27)24-16(26)8-25-9-23-14-5-3-11(21)7-13(14)20(25)28/h3,5,7,9-10H,2,4,6,8H2,1H3,(H2,22,27)(H,24,26)/t10-/m0/s1. The fraction of sp³-hybridized carbons (Fsp3) is 0.300. The average Bonchev–Trinajstić information content (AvgIpc) is 3.01. The molecule has 0 saturated heterocycles. The predicted molar refractivity (Wildman–Crippen MR) is 109 cm³/mol. The molecular weight excluding hydrogens is 395 g/mol. The van der Waals surface area contributed by atoms with Gasteiger partial charge in [-0.2, -0.15) is 0 Å². The third kappa shape index (κ3) is 3.65. The molecule has 0 unspecified atom stereocenters. The monoisotopic (exact) mass is 414 g/mol. The second-order valence-electron chi connectivity index (χ2n) is 7.31. The van der Waals surface area contributed by atoms with Crippen molar-refractivity contribution in [3.05, 3.63) is 56.7 Å². The van der Waals surface area contributed by atoms with Gasteiger partial charge < -0.3 is 11.1 Å². The Morgan fingerprint density at radius 1 is 1.41 bits per heavy atom. The molecule has 1 aliphatic rings. The minimum absolute atomic E-state index is 0.0960. The van der Waals surface area contributed by atoms with Crippen molar-refractivity contribution in [1.82, 2.24) is 9.55 Å². The lowest BCUT2D eigenvalue weighted by atomic mass is 9.88. The third-order valence-corrected chi connectivity index (χ3v) is 6.28. The SMILES string of the molecule is C[C@H]1CCc2c(sc(NC(=O)Cn3cnc4ccc(F)cc4c3=O)c2C(N)=O)C1. The van der Waals surface area contributed by atoms with Crippen LogP contribution in [0.1, 0.15) is 34.1 Å². The number of aromatic nitrogens is 2. The number of thiophene rings is 1. The van der Waals surface area contributed by atoms with Crippen LogP contribution in [0, 0.1) is 11.7 Å². The number of nitrogens with one attached hydrogen (secondary N) is 1. The summed E-state index contributed by atoms with van der Waals surface area (Å²) >= 11 is 1.36. The highest BCUT2D eigenvalue weighted by Crippen LogP contribution is 2.39. The third-order valence-electron chi connectivity index (χ3n) is 5.11. The minimum Gasteiger partial charge on any atom is -0.365 e. The summed E-state index contributed by atoms with van der Waals surface area (Å²) in [5.74, 6) is -1.11. The van der Waals surface area contributed by atoms with E-state index in [-0.39, 0.29) is 11.9 Å². The number of nitrogens with zero attached hydrogens (tertiary/aromatic N) is 2. The van der Waals surface area contributed by atoms with Crippen LogP contribution in [0.25, 0.3) is 10.9 Å². The summed E-state index contributed by atoms with van der Waals surface area (Å²) in [6.07, 6.45) is 3.81. The molecule has 2 aromatic heterocycles. The van der Waals surface area contributed by atoms with E-state index in [4.69, 9.17) is 5.73 Å². The van der Waals surface area contributed by atoms with E-state index in [1.165, 1.54) is 29.8 Å². The lowest BCUT2D eigenvalue weighted by Crippen LogP contribution is -2.28. The first kappa shape index (κ1) is 19.3. The molecule has 7 nitrogen and oxygen atoms in total. The molecule has 4 rings (SSSR count). The molecule has 1 atom stereocenters. The molecule has 2 amide bonds. The topological polar surface area (TPSA) is 107 Å². The Morgan fingerprint density at radius 2 is 2.21 bits per heavy atom. The molecule has 1 aromatic carbocycles. The highest BCUT2D eigenvalue weighted by molar-refractivity contribution is 7.17. The average molecular weight is 414 g/mol. The molecular formula is C20H19FN4O3S. The molecule has 0 spiro atoms. The molecule has 9 heteroatoms. The van der Waals surface area contributed by atoms with Gasteiger partial charge in [0.15, 0.2) is 0 Å². The number of fused-ring (bicyclic) bond motifs is 2. The molecule has 150 valence electrons. The van der Waals surface area contributed by atoms with E-state index in [1.54, 1.807) is 0 Å². The number of primary amides is 1. The van der Waals surface area contributed by atoms with Crippen molar-refractivity contribution in [1.29, 1.82) is 0 Å². The number of hydrogen-bond donors (Lipinski definition) is 2. The minimum atomic E-state index is -0.577. The van der Waals surface area contributed by atoms with Gasteiger partial charge >= 0.3 is 0 Å². The summed E-state index contributed by atoms with van der Waals surface area (Å²) in [4.78, 5) is 42.3. The zero-order chi connectivity index (χ0) is 20.7. The fourth-order valence-electron chi connectivity index (χ4n) is 3.66. The first-order valence-corrected chi connectivity index (χ1v) is 10.0. The Labute approximate surface area is 169 Å². The maximum absolute atomic E-state index is 13.5. The summed E-state index contributed by atoms with van der Waals surface area (Å²) in [7, 11) is 0. The summed E-state index contributed by atoms with van der Waals surface area (Å²) in [5.41, 5.74) is 6.67. The maximum Gasteiger partial charge on any atom is 0.261 e. The van der Waals surface area contributed by atoms with Gasteiger partial charge in [0, 0.05) is 4.88 Å². The first-order valence-electron chi connectivity index (χ1n) is 9.22. The normalized spacial score (nSPS) is 15.9. The van der Waals surface area contributed by atoms with Gasteiger partial charge in [0.05, 0.1) is 22.8 Å². The van der Waals surface area contributed by atoms with E-state index >= 15 is 0 Å². The molecule has 0 saturated carbocycles. The number of amides is 2. The largest absolute Gasteiger partial charge is 0.365 e. The van der Waals surface area contributed by atoms with E-state index in [9.17, 15) is 18.8 Å². The van der Waals surface area contributed by atoms with Crippen LogP contribution >= 0.6 is 11.3 Å². The van der Waals surface area contributed by atoms with E-state index in [2.05, 4.69) is 17.2 Å². The van der Waals surface area contributed by atoms with Crippen LogP contribution in [0.5, 0.6) is 0 Å². The lowest BCUT2D eigenvalue weighted by molar-refractivity contribution is -0.116. The van der Waals surface area contributed by atoms with Crippen molar-refractivity contribution >= 4 is 39.1 Å². The number of rotatable bonds is 4. The molecule has 3 N–H and O–H groups in total. The van der Waals surface area contributed by atoms with Gasteiger partial charge in [0.2, 0.25) is 5.91 Å². The number of anilines is 1. The van der Waals surface area contributed by atoms with Crippen molar-refractivity contribution in [3.8, 4) is 0 Å². The highest BCUT2D eigenvalue weighted by Gasteiger charge is 2.27. The van der Waals surface area contributed by atoms with Crippen molar-refractivity contribution < 1.29 is 14.0 Å². The van der Waals surface area contributed by atoms with Gasteiger partial charge in [0.1, 0.15) is 17.4 Å². The Kier molecular flexibility index (Phi) is 4.91. The molecule has 3 aromatic rings. The van der Waals surface area contributed by atoms with Gasteiger partial charge in [-0.05, 0) is 48.9 Å². The number of hydrogen-bond acceptors (Lipinski definition) is 5. The molecule has 0 aliphatic heterocycles. The van der Waals surface area contributed by atoms with Crippen LogP contribution in [0.15, 0.2) is 29.3 Å². The Hall–Kier alpha value is -3.07. The van der Waals surface area contributed by atoms with E-state index < -0.39 is 23.2 Å². The number of halogens is 1. The van der Waals surface area contributed by atoms with Gasteiger partial charge in [-0.3, -0.25) is 19.0 Å². The van der Waals surface area contributed by atoms with E-state index in [0.717, 1.165) is 40.3 Å². The molecule has 0 fully saturated rings. The molecule has 29 heavy (non-hydrogen) atoms. The van der Waals surface area contributed by atoms with Crippen LogP contribution in [0.4, 0.5) is 9.39 Å². The second-order valence-corrected chi connectivity index (χ2v) is 8.41. The van der Waals surface area contributed by atoms with Crippen molar-refractivity contribution in [2.24, 2.45) is 11.7 Å². The lowest BCUT2D eigenvalue weighted by Gasteiger charge is -2.18. The van der Waals surface area contributed by atoms with Crippen LogP contribution < -0.4 is 16.6 Å². The number of carbonyl (C=O) groups excluding carboxylic acids is 2. The molecule has 0 bridgehead atoms. The zero-order valence-corrected chi connectivity index (χ0v) is 16.5. The Bertz CT molecular complexity index is 1200. The van der Waals surface area contributed by atoms with Gasteiger partial charge in [-0.15, -0.1) is 11.3 Å². The predicted octanol–water partition coefficient (Wildman–Crippen LogP) is 2.46. The van der Waals surface area contributed by atoms with Gasteiger partial charge in [0.25, 0.3) is 11.5 Å². The Balaban J connectivity index is 1.61. The molecule has 2 heterocycles. The van der Waals surface area contributed by atoms with Crippen LogP contribution in [0.3, 0.4) is 0 Å². The van der Waals surface area contributed by atoms with E-state index in [1.807, 2.05) is 0 Å². The van der Waals surface area contributed by atoms with Crippen LogP contribution in [0.2, 0.25) is 0 Å². The maximum atomic E-state index is 13.5. The van der Waals surface area contributed by atoms with E-state index in [0.29, 0.717) is 22.0 Å². The van der Waals surface area contributed by atoms with Gasteiger partial charge in [-0.1, -0.05) is 6.92 Å². The van der Waals surface area contributed by atoms with Crippen molar-refractivity contribution in [2.75, 3.05) is 5.32 Å². The molecule has 1 aliphatic carbocycles. The summed E-state index contributed by atoms with van der Waals surface area (Å²) in [6, 6.07) is 3.72. The first-order chi connectivity index (χ1) is 13.8. The smallest absolute Gasteiger partial charge is 0.261 e. The van der Waals surface area contributed by atoms with Gasteiger partial charge in [-0.25, -0.2) is 9.37 Å². The second kappa shape index (κ2) is 7.40. The van der Waals surface area contributed by atoms with Crippen LogP contribution in [-0.2, 0) is 24.2 Å².